The minimum Gasteiger partial charge on any atom is -0.381 e. The van der Waals surface area contributed by atoms with Crippen molar-refractivity contribution in [2.75, 3.05) is 25.0 Å². The molecule has 1 aromatic heterocycles. The Kier molecular flexibility index (Phi) is 6.12. The molecule has 20 heavy (non-hydrogen) atoms. The van der Waals surface area contributed by atoms with Gasteiger partial charge in [-0.25, -0.2) is 4.98 Å². The number of nitrogens with zero attached hydrogens (tertiary/aromatic N) is 2. The van der Waals surface area contributed by atoms with E-state index in [2.05, 4.69) is 45.0 Å². The van der Waals surface area contributed by atoms with Crippen LogP contribution in [0.3, 0.4) is 0 Å². The van der Waals surface area contributed by atoms with Crippen molar-refractivity contribution in [1.82, 2.24) is 9.88 Å². The van der Waals surface area contributed by atoms with Crippen LogP contribution in [0.25, 0.3) is 0 Å². The highest BCUT2D eigenvalue weighted by Crippen LogP contribution is 2.26. The normalized spacial score (nSPS) is 21.7. The van der Waals surface area contributed by atoms with Crippen molar-refractivity contribution in [1.29, 1.82) is 0 Å². The Hall–Kier alpha value is -0.320. The summed E-state index contributed by atoms with van der Waals surface area (Å²) in [5.41, 5.74) is 1.03. The van der Waals surface area contributed by atoms with E-state index in [9.17, 15) is 0 Å². The molecule has 2 heterocycles. The molecule has 2 atom stereocenters. The third kappa shape index (κ3) is 4.34. The molecule has 112 valence electrons. The number of piperidine rings is 1. The number of hydrogen-bond donors (Lipinski definition) is 1. The Morgan fingerprint density at radius 2 is 2.40 bits per heavy atom. The minimum absolute atomic E-state index is 0.449. The zero-order chi connectivity index (χ0) is 14.5. The number of anilines is 1. The van der Waals surface area contributed by atoms with Crippen molar-refractivity contribution < 1.29 is 0 Å². The molecule has 0 aromatic carbocycles. The van der Waals surface area contributed by atoms with Crippen molar-refractivity contribution in [2.45, 2.75) is 39.2 Å². The minimum atomic E-state index is 0.449. The molecule has 1 aromatic rings. The molecule has 0 radical (unpaired) electrons. The van der Waals surface area contributed by atoms with Crippen LogP contribution in [0, 0.1) is 5.92 Å². The monoisotopic (exact) mass is 359 g/mol. The molecule has 2 unspecified atom stereocenters. The van der Waals surface area contributed by atoms with Gasteiger partial charge in [-0.3, -0.25) is 0 Å². The lowest BCUT2D eigenvalue weighted by molar-refractivity contribution is 0.165. The Morgan fingerprint density at radius 3 is 3.10 bits per heavy atom. The molecular weight excluding hydrogens is 338 g/mol. The van der Waals surface area contributed by atoms with Gasteiger partial charge in [0.05, 0.1) is 16.4 Å². The summed E-state index contributed by atoms with van der Waals surface area (Å²) in [7, 11) is 0. The number of pyridine rings is 1. The Morgan fingerprint density at radius 1 is 1.60 bits per heavy atom. The Bertz CT molecular complexity index is 439. The zero-order valence-electron chi connectivity index (χ0n) is 12.2. The predicted molar refractivity (Wildman–Crippen MR) is 89.5 cm³/mol. The fraction of sp³-hybridized carbons (Fsp3) is 0.667. The van der Waals surface area contributed by atoms with E-state index in [0.717, 1.165) is 10.2 Å². The van der Waals surface area contributed by atoms with Crippen LogP contribution < -0.4 is 5.32 Å². The van der Waals surface area contributed by atoms with E-state index < -0.39 is 0 Å². The number of halogens is 2. The van der Waals surface area contributed by atoms with Gasteiger partial charge in [-0.15, -0.1) is 0 Å². The van der Waals surface area contributed by atoms with Gasteiger partial charge in [0.2, 0.25) is 0 Å². The molecule has 0 bridgehead atoms. The molecule has 1 N–H and O–H groups in total. The second-order valence-electron chi connectivity index (χ2n) is 5.63. The highest BCUT2D eigenvalue weighted by molar-refractivity contribution is 9.10. The molecule has 1 aliphatic heterocycles. The standard InChI is InChI=1S/C15H23BrClN3/c1-3-6-20-7-4-5-12(10-20)11(2)19-13-8-14(16)15(17)18-9-13/h8-9,11-12,19H,3-7,10H2,1-2H3. The average molecular weight is 361 g/mol. The molecular formula is C15H23BrClN3. The maximum Gasteiger partial charge on any atom is 0.143 e. The first-order valence-corrected chi connectivity index (χ1v) is 8.57. The summed E-state index contributed by atoms with van der Waals surface area (Å²) in [6.07, 6.45) is 5.65. The highest BCUT2D eigenvalue weighted by atomic mass is 79.9. The van der Waals surface area contributed by atoms with Crippen LogP contribution in [0.2, 0.25) is 5.15 Å². The van der Waals surface area contributed by atoms with Crippen LogP contribution >= 0.6 is 27.5 Å². The summed E-state index contributed by atoms with van der Waals surface area (Å²) in [6, 6.07) is 2.45. The number of likely N-dealkylation sites (tertiary alicyclic amines) is 1. The fourth-order valence-corrected chi connectivity index (χ4v) is 3.35. The lowest BCUT2D eigenvalue weighted by Crippen LogP contribution is -2.42. The summed E-state index contributed by atoms with van der Waals surface area (Å²) in [4.78, 5) is 6.75. The van der Waals surface area contributed by atoms with Crippen LogP contribution in [-0.2, 0) is 0 Å². The lowest BCUT2D eigenvalue weighted by Gasteiger charge is -2.36. The van der Waals surface area contributed by atoms with Crippen molar-refractivity contribution in [2.24, 2.45) is 5.92 Å². The van der Waals surface area contributed by atoms with E-state index >= 15 is 0 Å². The van der Waals surface area contributed by atoms with Gasteiger partial charge in [-0.1, -0.05) is 18.5 Å². The molecule has 0 amide bonds. The van der Waals surface area contributed by atoms with Crippen LogP contribution in [-0.4, -0.2) is 35.6 Å². The number of nitrogens with one attached hydrogen (secondary N) is 1. The smallest absolute Gasteiger partial charge is 0.143 e. The van der Waals surface area contributed by atoms with Gasteiger partial charge < -0.3 is 10.2 Å². The average Bonchev–Trinajstić information content (AvgIpc) is 2.43. The number of aromatic nitrogens is 1. The Labute approximate surface area is 135 Å². The third-order valence-corrected chi connectivity index (χ3v) is 5.11. The molecule has 5 heteroatoms. The van der Waals surface area contributed by atoms with Gasteiger partial charge in [0.25, 0.3) is 0 Å². The molecule has 0 aliphatic carbocycles. The van der Waals surface area contributed by atoms with E-state index in [1.54, 1.807) is 6.20 Å². The maximum absolute atomic E-state index is 5.93. The van der Waals surface area contributed by atoms with Crippen molar-refractivity contribution in [3.05, 3.63) is 21.9 Å². The van der Waals surface area contributed by atoms with Crippen molar-refractivity contribution >= 4 is 33.2 Å². The summed E-state index contributed by atoms with van der Waals surface area (Å²) < 4.78 is 0.840. The summed E-state index contributed by atoms with van der Waals surface area (Å²) in [6.45, 7) is 8.19. The molecule has 1 aliphatic rings. The van der Waals surface area contributed by atoms with Crippen LogP contribution in [0.15, 0.2) is 16.7 Å². The molecule has 0 saturated carbocycles. The number of rotatable bonds is 5. The van der Waals surface area contributed by atoms with Gasteiger partial charge in [-0.2, -0.15) is 0 Å². The zero-order valence-corrected chi connectivity index (χ0v) is 14.5. The molecule has 1 saturated heterocycles. The molecule has 3 nitrogen and oxygen atoms in total. The topological polar surface area (TPSA) is 28.2 Å². The predicted octanol–water partition coefficient (Wildman–Crippen LogP) is 4.42. The van der Waals surface area contributed by atoms with E-state index in [0.29, 0.717) is 17.1 Å². The first-order chi connectivity index (χ1) is 9.60. The lowest BCUT2D eigenvalue weighted by atomic mass is 9.91. The highest BCUT2D eigenvalue weighted by Gasteiger charge is 2.24. The summed E-state index contributed by atoms with van der Waals surface area (Å²) in [5, 5.41) is 4.07. The largest absolute Gasteiger partial charge is 0.381 e. The van der Waals surface area contributed by atoms with Gasteiger partial charge in [0.1, 0.15) is 5.15 Å². The fourth-order valence-electron chi connectivity index (χ4n) is 2.90. The third-order valence-electron chi connectivity index (χ3n) is 3.98. The maximum atomic E-state index is 5.93. The molecule has 0 spiro atoms. The Balaban J connectivity index is 1.93. The second-order valence-corrected chi connectivity index (χ2v) is 6.84. The van der Waals surface area contributed by atoms with Gasteiger partial charge >= 0.3 is 0 Å². The van der Waals surface area contributed by atoms with E-state index in [1.807, 2.05) is 6.07 Å². The van der Waals surface area contributed by atoms with Crippen molar-refractivity contribution in [3.63, 3.8) is 0 Å². The second kappa shape index (κ2) is 7.62. The van der Waals surface area contributed by atoms with Gasteiger partial charge in [0, 0.05) is 12.6 Å². The van der Waals surface area contributed by atoms with Crippen molar-refractivity contribution in [3.8, 4) is 0 Å². The van der Waals surface area contributed by atoms with E-state index in [-0.39, 0.29) is 0 Å². The molecule has 1 fully saturated rings. The van der Waals surface area contributed by atoms with E-state index in [4.69, 9.17) is 11.6 Å². The van der Waals surface area contributed by atoms with Crippen LogP contribution in [0.1, 0.15) is 33.1 Å². The quantitative estimate of drug-likeness (QED) is 0.788. The first kappa shape index (κ1) is 16.1. The van der Waals surface area contributed by atoms with Crippen LogP contribution in [0.5, 0.6) is 0 Å². The summed E-state index contributed by atoms with van der Waals surface area (Å²) in [5.74, 6) is 0.699. The summed E-state index contributed by atoms with van der Waals surface area (Å²) >= 11 is 9.35. The van der Waals surface area contributed by atoms with Gasteiger partial charge in [0.15, 0.2) is 0 Å². The van der Waals surface area contributed by atoms with E-state index in [1.165, 1.54) is 38.9 Å². The van der Waals surface area contributed by atoms with Crippen LogP contribution in [0.4, 0.5) is 5.69 Å². The SMILES string of the molecule is CCCN1CCCC(C(C)Nc2cnc(Cl)c(Br)c2)C1. The van der Waals surface area contributed by atoms with Gasteiger partial charge in [-0.05, 0) is 67.2 Å². The number of hydrogen-bond acceptors (Lipinski definition) is 3. The first-order valence-electron chi connectivity index (χ1n) is 7.40. The molecule has 2 rings (SSSR count).